The Labute approximate surface area is 435 Å². The summed E-state index contributed by atoms with van der Waals surface area (Å²) in [4.78, 5) is 103. The van der Waals surface area contributed by atoms with Crippen LogP contribution in [0, 0.1) is 0 Å². The van der Waals surface area contributed by atoms with Gasteiger partial charge in [0.15, 0.2) is 11.9 Å². The van der Waals surface area contributed by atoms with Gasteiger partial charge in [0.2, 0.25) is 35.4 Å². The quantitative estimate of drug-likeness (QED) is 0.0199. The third-order valence-electron chi connectivity index (χ3n) is 11.6. The van der Waals surface area contributed by atoms with Gasteiger partial charge in [-0.05, 0) is 43.2 Å². The number of hydrogen-bond donors (Lipinski definition) is 13. The second kappa shape index (κ2) is 36.8. The van der Waals surface area contributed by atoms with E-state index in [1.807, 2.05) is 30.3 Å². The third-order valence-corrected chi connectivity index (χ3v) is 12.4. The summed E-state index contributed by atoms with van der Waals surface area (Å²) < 4.78 is 0. The Bertz CT molecular complexity index is 2010. The largest absolute Gasteiger partial charge is 0.480 e. The first-order chi connectivity index (χ1) is 34.6. The van der Waals surface area contributed by atoms with Gasteiger partial charge < -0.3 is 59.9 Å². The number of thiol groups is 2. The minimum atomic E-state index is -1.35. The summed E-state index contributed by atoms with van der Waals surface area (Å²) in [5.41, 5.74) is 23.5. The minimum Gasteiger partial charge on any atom is -0.480 e. The standard InChI is InChI=1S/C50H80N12O8S2/c1-2-3-4-5-6-7-8-9-10-11-18-27-42(63)57-38(30-34-21-14-12-15-22-34)45(66)58-36(25-19-28-55-49(51)52)43(64)61-40(32-71)46(67)59-37(26-20-29-56-50(53)54)44(65)62-41(33-72)47(68)60-39(48(69)70)31-35-23-16-13-17-24-35/h12-17,21-24,36-41,71-72H,2-11,18-20,25-33H2,1H3,(H,57,63)(H,58,66)(H,59,67)(H,60,68)(H,61,64)(H,62,65)(H,69,70)(H4,51,52,55)(H4,53,54,56)/t36-,37-,38-,39-,40-,41-/m0/s1. The van der Waals surface area contributed by atoms with Crippen molar-refractivity contribution in [3.05, 3.63) is 71.8 Å². The molecule has 0 radical (unpaired) electrons. The molecule has 0 aliphatic heterocycles. The zero-order valence-corrected chi connectivity index (χ0v) is 43.5. The van der Waals surface area contributed by atoms with Gasteiger partial charge in [0.05, 0.1) is 0 Å². The van der Waals surface area contributed by atoms with Gasteiger partial charge in [0.25, 0.3) is 0 Å². The summed E-state index contributed by atoms with van der Waals surface area (Å²) in [5.74, 6) is -6.30. The molecule has 0 heterocycles. The van der Waals surface area contributed by atoms with Crippen LogP contribution in [0.15, 0.2) is 70.6 Å². The predicted octanol–water partition coefficient (Wildman–Crippen LogP) is 2.13. The maximum atomic E-state index is 14.1. The van der Waals surface area contributed by atoms with E-state index in [9.17, 15) is 38.7 Å². The zero-order chi connectivity index (χ0) is 53.1. The van der Waals surface area contributed by atoms with E-state index in [0.717, 1.165) is 24.8 Å². The topological polar surface area (TPSA) is 341 Å². The van der Waals surface area contributed by atoms with Crippen LogP contribution in [-0.4, -0.2) is 119 Å². The average molecular weight is 1040 g/mol. The Hall–Kier alpha value is -6.03. The molecule has 0 aliphatic rings. The predicted molar refractivity (Wildman–Crippen MR) is 288 cm³/mol. The van der Waals surface area contributed by atoms with E-state index >= 15 is 0 Å². The Morgan fingerprint density at radius 1 is 0.472 bits per heavy atom. The van der Waals surface area contributed by atoms with Crippen LogP contribution in [0.1, 0.15) is 121 Å². The molecule has 22 heteroatoms. The molecule has 0 saturated heterocycles. The summed E-state index contributed by atoms with van der Waals surface area (Å²) in [7, 11) is 0. The Balaban J connectivity index is 2.23. The number of carboxylic acid groups (broad SMARTS) is 1. The normalized spacial score (nSPS) is 13.4. The van der Waals surface area contributed by atoms with E-state index in [-0.39, 0.29) is 87.4 Å². The highest BCUT2D eigenvalue weighted by Crippen LogP contribution is 2.13. The molecule has 72 heavy (non-hydrogen) atoms. The average Bonchev–Trinajstić information content (AvgIpc) is 3.35. The van der Waals surface area contributed by atoms with Gasteiger partial charge in [-0.25, -0.2) is 4.79 Å². The van der Waals surface area contributed by atoms with Gasteiger partial charge in [0, 0.05) is 43.9 Å². The smallest absolute Gasteiger partial charge is 0.326 e. The number of guanidine groups is 2. The van der Waals surface area contributed by atoms with Crippen LogP contribution >= 0.6 is 25.3 Å². The van der Waals surface area contributed by atoms with E-state index in [4.69, 9.17) is 22.9 Å². The molecule has 20 nitrogen and oxygen atoms in total. The third kappa shape index (κ3) is 27.0. The number of amides is 6. The first kappa shape index (κ1) is 62.1. The Morgan fingerprint density at radius 2 is 0.819 bits per heavy atom. The lowest BCUT2D eigenvalue weighted by Gasteiger charge is -2.27. The first-order valence-corrected chi connectivity index (χ1v) is 26.3. The number of hydrogen-bond acceptors (Lipinski definition) is 11. The fraction of sp³-hybridized carbons (Fsp3) is 0.580. The van der Waals surface area contributed by atoms with E-state index in [2.05, 4.69) is 74.1 Å². The SMILES string of the molecule is CCCCCCCCCCCCCC(=O)N[C@@H](Cc1ccccc1)C(=O)N[C@@H](CCCN=C(N)N)C(=O)N[C@@H](CS)C(=O)N[C@@H](CCCN=C(N)N)C(=O)N[C@@H](CS)C(=O)N[C@@H](Cc1ccccc1)C(=O)O. The number of aliphatic imine (C=N–C) groups is 2. The molecule has 0 spiro atoms. The number of carbonyl (C=O) groups is 7. The van der Waals surface area contributed by atoms with Crippen LogP contribution < -0.4 is 54.8 Å². The van der Waals surface area contributed by atoms with Crippen LogP contribution in [-0.2, 0) is 46.4 Å². The molecule has 15 N–H and O–H groups in total. The highest BCUT2D eigenvalue weighted by atomic mass is 32.1. The lowest BCUT2D eigenvalue weighted by atomic mass is 10.0. The summed E-state index contributed by atoms with van der Waals surface area (Å²) in [6.07, 6.45) is 13.1. The summed E-state index contributed by atoms with van der Waals surface area (Å²) in [6, 6.07) is 10.2. The van der Waals surface area contributed by atoms with Gasteiger partial charge in [-0.3, -0.25) is 38.8 Å². The lowest BCUT2D eigenvalue weighted by molar-refractivity contribution is -0.142. The molecular formula is C50H80N12O8S2. The number of nitrogens with two attached hydrogens (primary N) is 4. The molecule has 0 aromatic heterocycles. The van der Waals surface area contributed by atoms with Gasteiger partial charge >= 0.3 is 5.97 Å². The van der Waals surface area contributed by atoms with Crippen molar-refractivity contribution in [2.45, 2.75) is 159 Å². The van der Waals surface area contributed by atoms with E-state index in [1.54, 1.807) is 30.3 Å². The minimum absolute atomic E-state index is 0.0249. The summed E-state index contributed by atoms with van der Waals surface area (Å²) >= 11 is 8.55. The molecule has 6 atom stereocenters. The number of nitrogens with zero attached hydrogens (tertiary/aromatic N) is 2. The van der Waals surface area contributed by atoms with Crippen molar-refractivity contribution >= 4 is 78.6 Å². The maximum absolute atomic E-state index is 14.1. The highest BCUT2D eigenvalue weighted by Gasteiger charge is 2.33. The molecule has 0 saturated carbocycles. The second-order valence-electron chi connectivity index (χ2n) is 17.7. The van der Waals surface area contributed by atoms with E-state index in [0.29, 0.717) is 12.0 Å². The van der Waals surface area contributed by atoms with Crippen molar-refractivity contribution in [2.75, 3.05) is 24.6 Å². The van der Waals surface area contributed by atoms with Crippen LogP contribution in [0.25, 0.3) is 0 Å². The zero-order valence-electron chi connectivity index (χ0n) is 41.7. The number of carbonyl (C=O) groups excluding carboxylic acids is 6. The van der Waals surface area contributed by atoms with Gasteiger partial charge in [-0.1, -0.05) is 132 Å². The summed E-state index contributed by atoms with van der Waals surface area (Å²) in [6.45, 7) is 2.41. The molecular weight excluding hydrogens is 961 g/mol. The fourth-order valence-corrected chi connectivity index (χ4v) is 8.13. The number of benzene rings is 2. The Kier molecular flexibility index (Phi) is 31.8. The van der Waals surface area contributed by atoms with Crippen LogP contribution in [0.5, 0.6) is 0 Å². The number of aliphatic carboxylic acids is 1. The number of nitrogens with one attached hydrogen (secondary N) is 6. The molecule has 6 amide bonds. The number of carboxylic acids is 1. The summed E-state index contributed by atoms with van der Waals surface area (Å²) in [5, 5.41) is 25.7. The van der Waals surface area contributed by atoms with Crippen LogP contribution in [0.4, 0.5) is 0 Å². The van der Waals surface area contributed by atoms with Crippen molar-refractivity contribution in [3.8, 4) is 0 Å². The highest BCUT2D eigenvalue weighted by molar-refractivity contribution is 7.80. The first-order valence-electron chi connectivity index (χ1n) is 25.0. The molecule has 0 bridgehead atoms. The maximum Gasteiger partial charge on any atom is 0.326 e. The fourth-order valence-electron chi connectivity index (χ4n) is 7.62. The van der Waals surface area contributed by atoms with E-state index < -0.39 is 71.8 Å². The van der Waals surface area contributed by atoms with Crippen LogP contribution in [0.3, 0.4) is 0 Å². The van der Waals surface area contributed by atoms with Crippen molar-refractivity contribution in [2.24, 2.45) is 32.9 Å². The monoisotopic (exact) mass is 1040 g/mol. The molecule has 0 unspecified atom stereocenters. The number of unbranched alkanes of at least 4 members (excludes halogenated alkanes) is 10. The molecule has 0 aliphatic carbocycles. The van der Waals surface area contributed by atoms with Gasteiger partial charge in [-0.15, -0.1) is 0 Å². The lowest BCUT2D eigenvalue weighted by Crippen LogP contribution is -2.60. The second-order valence-corrected chi connectivity index (χ2v) is 18.4. The molecule has 2 aromatic carbocycles. The van der Waals surface area contributed by atoms with Crippen molar-refractivity contribution in [1.82, 2.24) is 31.9 Å². The van der Waals surface area contributed by atoms with Gasteiger partial charge in [0.1, 0.15) is 36.3 Å². The van der Waals surface area contributed by atoms with Gasteiger partial charge in [-0.2, -0.15) is 25.3 Å². The molecule has 400 valence electrons. The van der Waals surface area contributed by atoms with Crippen molar-refractivity contribution in [3.63, 3.8) is 0 Å². The molecule has 2 aromatic rings. The number of rotatable bonds is 38. The Morgan fingerprint density at radius 3 is 1.21 bits per heavy atom. The van der Waals surface area contributed by atoms with Crippen molar-refractivity contribution < 1.29 is 38.7 Å². The molecule has 0 fully saturated rings. The van der Waals surface area contributed by atoms with Crippen LogP contribution in [0.2, 0.25) is 0 Å². The van der Waals surface area contributed by atoms with Crippen molar-refractivity contribution in [1.29, 1.82) is 0 Å². The van der Waals surface area contributed by atoms with E-state index in [1.165, 1.54) is 44.9 Å². The molecule has 2 rings (SSSR count).